The molecule has 18 heavy (non-hydrogen) atoms. The summed E-state index contributed by atoms with van der Waals surface area (Å²) in [5, 5.41) is 3.13. The average Bonchev–Trinajstić information content (AvgIpc) is 2.34. The molecule has 1 aliphatic rings. The number of carbonyl (C=O) groups is 1. The van der Waals surface area contributed by atoms with E-state index in [1.165, 1.54) is 5.56 Å². The summed E-state index contributed by atoms with van der Waals surface area (Å²) < 4.78 is 1.05. The fourth-order valence-electron chi connectivity index (χ4n) is 2.09. The number of rotatable bonds is 3. The summed E-state index contributed by atoms with van der Waals surface area (Å²) in [6.45, 7) is 2.97. The zero-order chi connectivity index (χ0) is 13.1. The third kappa shape index (κ3) is 2.84. The number of carbonyl (C=O) groups excluding carboxylic acids is 1. The Morgan fingerprint density at radius 1 is 1.39 bits per heavy atom. The van der Waals surface area contributed by atoms with E-state index in [2.05, 4.69) is 44.3 Å². The van der Waals surface area contributed by atoms with Gasteiger partial charge in [-0.2, -0.15) is 0 Å². The molecule has 0 atom stereocenters. The van der Waals surface area contributed by atoms with E-state index in [1.807, 2.05) is 14.1 Å². The van der Waals surface area contributed by atoms with E-state index >= 15 is 0 Å². The number of piperazine rings is 1. The van der Waals surface area contributed by atoms with Crippen LogP contribution in [0, 0.1) is 0 Å². The molecular weight excluding hydrogens is 294 g/mol. The van der Waals surface area contributed by atoms with E-state index in [4.69, 9.17) is 0 Å². The molecule has 4 nitrogen and oxygen atoms in total. The van der Waals surface area contributed by atoms with Crippen LogP contribution in [0.2, 0.25) is 0 Å². The summed E-state index contributed by atoms with van der Waals surface area (Å²) in [7, 11) is 3.78. The highest BCUT2D eigenvalue weighted by atomic mass is 79.9. The molecule has 0 spiro atoms. The van der Waals surface area contributed by atoms with E-state index in [1.54, 1.807) is 4.90 Å². The van der Waals surface area contributed by atoms with Crippen LogP contribution in [0.4, 0.5) is 5.69 Å². The smallest absolute Gasteiger partial charge is 0.241 e. The number of halogens is 1. The zero-order valence-electron chi connectivity index (χ0n) is 10.7. The quantitative estimate of drug-likeness (QED) is 0.917. The molecule has 0 aliphatic carbocycles. The highest BCUT2D eigenvalue weighted by Crippen LogP contribution is 2.28. The van der Waals surface area contributed by atoms with Crippen LogP contribution in [0.5, 0.6) is 0 Å². The summed E-state index contributed by atoms with van der Waals surface area (Å²) in [4.78, 5) is 15.6. The minimum absolute atomic E-state index is 0.174. The van der Waals surface area contributed by atoms with Crippen molar-refractivity contribution in [1.82, 2.24) is 10.2 Å². The van der Waals surface area contributed by atoms with E-state index in [0.717, 1.165) is 29.8 Å². The first kappa shape index (κ1) is 13.4. The molecule has 1 heterocycles. The van der Waals surface area contributed by atoms with Crippen molar-refractivity contribution in [2.75, 3.05) is 38.6 Å². The minimum Gasteiger partial charge on any atom is -0.360 e. The highest BCUT2D eigenvalue weighted by Gasteiger charge is 2.22. The van der Waals surface area contributed by atoms with Gasteiger partial charge in [-0.3, -0.25) is 4.79 Å². The predicted molar refractivity (Wildman–Crippen MR) is 76.8 cm³/mol. The van der Waals surface area contributed by atoms with Crippen LogP contribution < -0.4 is 10.2 Å². The number of nitrogens with zero attached hydrogens (tertiary/aromatic N) is 2. The van der Waals surface area contributed by atoms with E-state index in [0.29, 0.717) is 6.54 Å². The number of hydrogen-bond donors (Lipinski definition) is 1. The number of anilines is 1. The maximum absolute atomic E-state index is 11.7. The van der Waals surface area contributed by atoms with Crippen LogP contribution in [0.3, 0.4) is 0 Å². The van der Waals surface area contributed by atoms with Crippen molar-refractivity contribution in [3.05, 3.63) is 28.2 Å². The molecular formula is C13H18BrN3O. The van der Waals surface area contributed by atoms with E-state index in [-0.39, 0.29) is 5.91 Å². The van der Waals surface area contributed by atoms with Gasteiger partial charge < -0.3 is 15.1 Å². The van der Waals surface area contributed by atoms with Crippen LogP contribution in [-0.2, 0) is 11.3 Å². The van der Waals surface area contributed by atoms with Gasteiger partial charge in [0.1, 0.15) is 0 Å². The molecule has 1 aliphatic heterocycles. The molecule has 5 heteroatoms. The van der Waals surface area contributed by atoms with Gasteiger partial charge in [-0.15, -0.1) is 0 Å². The molecule has 1 aromatic rings. The molecule has 1 N–H and O–H groups in total. The Hall–Kier alpha value is -1.07. The SMILES string of the molecule is CNCc1ccc(N2CCN(C)C(=O)C2)c(Br)c1. The number of amides is 1. The second-order valence-corrected chi connectivity index (χ2v) is 5.41. The monoisotopic (exact) mass is 311 g/mol. The lowest BCUT2D eigenvalue weighted by atomic mass is 10.1. The third-order valence-corrected chi connectivity index (χ3v) is 3.83. The largest absolute Gasteiger partial charge is 0.360 e. The Labute approximate surface area is 116 Å². The summed E-state index contributed by atoms with van der Waals surface area (Å²) in [6, 6.07) is 6.28. The van der Waals surface area contributed by atoms with Crippen molar-refractivity contribution in [3.8, 4) is 0 Å². The van der Waals surface area contributed by atoms with Gasteiger partial charge in [0.05, 0.1) is 12.2 Å². The third-order valence-electron chi connectivity index (χ3n) is 3.19. The lowest BCUT2D eigenvalue weighted by molar-refractivity contribution is -0.129. The molecule has 0 aromatic heterocycles. The van der Waals surface area contributed by atoms with Crippen LogP contribution in [0.15, 0.2) is 22.7 Å². The molecule has 1 amide bonds. The van der Waals surface area contributed by atoms with Crippen molar-refractivity contribution < 1.29 is 4.79 Å². The molecule has 0 saturated carbocycles. The first-order chi connectivity index (χ1) is 8.61. The number of likely N-dealkylation sites (N-methyl/N-ethyl adjacent to an activating group) is 1. The maximum Gasteiger partial charge on any atom is 0.241 e. The zero-order valence-corrected chi connectivity index (χ0v) is 12.3. The molecule has 1 fully saturated rings. The van der Waals surface area contributed by atoms with Gasteiger partial charge in [0.15, 0.2) is 0 Å². The van der Waals surface area contributed by atoms with Crippen LogP contribution in [0.25, 0.3) is 0 Å². The molecule has 1 aromatic carbocycles. The standard InChI is InChI=1S/C13H18BrN3O/c1-15-8-10-3-4-12(11(14)7-10)17-6-5-16(2)13(18)9-17/h3-4,7,15H,5-6,8-9H2,1-2H3. The number of nitrogens with one attached hydrogen (secondary N) is 1. The molecule has 0 unspecified atom stereocenters. The van der Waals surface area contributed by atoms with Gasteiger partial charge in [-0.25, -0.2) is 0 Å². The van der Waals surface area contributed by atoms with Gasteiger partial charge >= 0.3 is 0 Å². The first-order valence-electron chi connectivity index (χ1n) is 6.03. The molecule has 0 radical (unpaired) electrons. The Balaban J connectivity index is 2.16. The average molecular weight is 312 g/mol. The van der Waals surface area contributed by atoms with Crippen molar-refractivity contribution >= 4 is 27.5 Å². The predicted octanol–water partition coefficient (Wildman–Crippen LogP) is 1.45. The second kappa shape index (κ2) is 5.71. The van der Waals surface area contributed by atoms with Gasteiger partial charge in [0, 0.05) is 31.2 Å². The van der Waals surface area contributed by atoms with E-state index < -0.39 is 0 Å². The Kier molecular flexibility index (Phi) is 4.24. The van der Waals surface area contributed by atoms with E-state index in [9.17, 15) is 4.79 Å². The lowest BCUT2D eigenvalue weighted by Crippen LogP contribution is -2.48. The van der Waals surface area contributed by atoms with Crippen LogP contribution in [-0.4, -0.2) is 44.5 Å². The fraction of sp³-hybridized carbons (Fsp3) is 0.462. The molecule has 98 valence electrons. The lowest BCUT2D eigenvalue weighted by Gasteiger charge is -2.34. The topological polar surface area (TPSA) is 35.6 Å². The Morgan fingerprint density at radius 3 is 2.78 bits per heavy atom. The summed E-state index contributed by atoms with van der Waals surface area (Å²) in [6.07, 6.45) is 0. The number of hydrogen-bond acceptors (Lipinski definition) is 3. The summed E-state index contributed by atoms with van der Waals surface area (Å²) in [5.41, 5.74) is 2.32. The number of benzene rings is 1. The molecule has 1 saturated heterocycles. The fourth-order valence-corrected chi connectivity index (χ4v) is 2.76. The van der Waals surface area contributed by atoms with Gasteiger partial charge in [-0.1, -0.05) is 6.07 Å². The summed E-state index contributed by atoms with van der Waals surface area (Å²) in [5.74, 6) is 0.174. The minimum atomic E-state index is 0.174. The normalized spacial score (nSPS) is 16.3. The van der Waals surface area contributed by atoms with Crippen molar-refractivity contribution in [3.63, 3.8) is 0 Å². The van der Waals surface area contributed by atoms with Gasteiger partial charge in [-0.05, 0) is 40.7 Å². The first-order valence-corrected chi connectivity index (χ1v) is 6.83. The Morgan fingerprint density at radius 2 is 2.17 bits per heavy atom. The maximum atomic E-state index is 11.7. The van der Waals surface area contributed by atoms with Crippen molar-refractivity contribution in [2.45, 2.75) is 6.54 Å². The summed E-state index contributed by atoms with van der Waals surface area (Å²) >= 11 is 3.59. The molecule has 2 rings (SSSR count). The van der Waals surface area contributed by atoms with Gasteiger partial charge in [0.25, 0.3) is 0 Å². The van der Waals surface area contributed by atoms with Crippen LogP contribution in [0.1, 0.15) is 5.56 Å². The Bertz CT molecular complexity index is 450. The van der Waals surface area contributed by atoms with Gasteiger partial charge in [0.2, 0.25) is 5.91 Å². The van der Waals surface area contributed by atoms with Crippen molar-refractivity contribution in [2.24, 2.45) is 0 Å². The van der Waals surface area contributed by atoms with Crippen LogP contribution >= 0.6 is 15.9 Å². The highest BCUT2D eigenvalue weighted by molar-refractivity contribution is 9.10. The van der Waals surface area contributed by atoms with Crippen molar-refractivity contribution in [1.29, 1.82) is 0 Å². The second-order valence-electron chi connectivity index (χ2n) is 4.55. The molecule has 0 bridgehead atoms.